The van der Waals surface area contributed by atoms with Gasteiger partial charge in [0.1, 0.15) is 16.9 Å². The largest absolute Gasteiger partial charge is 0.368 e. The third-order valence-corrected chi connectivity index (χ3v) is 5.85. The maximum Gasteiger partial charge on any atom is 0.277 e. The zero-order valence-electron chi connectivity index (χ0n) is 16.9. The number of benzene rings is 2. The zero-order chi connectivity index (χ0) is 21.4. The molecule has 1 aliphatic heterocycles. The fourth-order valence-corrected chi connectivity index (χ4v) is 4.15. The molecule has 2 aromatic carbocycles. The van der Waals surface area contributed by atoms with Gasteiger partial charge < -0.3 is 14.8 Å². The fraction of sp³-hybridized carbons (Fsp3) is 0.261. The van der Waals surface area contributed by atoms with Gasteiger partial charge in [-0.2, -0.15) is 0 Å². The summed E-state index contributed by atoms with van der Waals surface area (Å²) in [5.74, 6) is -0.351. The fourth-order valence-electron chi connectivity index (χ4n) is 4.15. The number of aryl methyl sites for hydroxylation is 1. The number of para-hydroxylation sites is 1. The van der Waals surface area contributed by atoms with Crippen LogP contribution >= 0.6 is 0 Å². The van der Waals surface area contributed by atoms with Gasteiger partial charge in [-0.25, -0.2) is 9.37 Å². The third-order valence-electron chi connectivity index (χ3n) is 5.85. The predicted octanol–water partition coefficient (Wildman–Crippen LogP) is 2.76. The van der Waals surface area contributed by atoms with Crippen LogP contribution in [0.5, 0.6) is 0 Å². The van der Waals surface area contributed by atoms with Crippen LogP contribution in [0.15, 0.2) is 59.7 Å². The molecule has 0 unspecified atom stereocenters. The maximum absolute atomic E-state index is 13.6. The number of fused-ring (bicyclic) bond motifs is 3. The number of rotatable bonds is 4. The molecule has 1 saturated heterocycles. The van der Waals surface area contributed by atoms with Crippen LogP contribution in [-0.2, 0) is 11.3 Å². The second-order valence-corrected chi connectivity index (χ2v) is 7.74. The third kappa shape index (κ3) is 3.65. The Labute approximate surface area is 177 Å². The van der Waals surface area contributed by atoms with E-state index in [9.17, 15) is 14.0 Å². The lowest BCUT2D eigenvalue weighted by Crippen LogP contribution is -2.49. The molecule has 0 saturated carbocycles. The molecule has 1 N–H and O–H groups in total. The number of hydrogen-bond donors (Lipinski definition) is 1. The number of amides is 1. The van der Waals surface area contributed by atoms with E-state index in [0.717, 1.165) is 13.1 Å². The first-order chi connectivity index (χ1) is 15.1. The molecule has 0 atom stereocenters. The van der Waals surface area contributed by atoms with Gasteiger partial charge in [0.05, 0.1) is 6.33 Å². The lowest BCUT2D eigenvalue weighted by Gasteiger charge is -2.36. The predicted molar refractivity (Wildman–Crippen MR) is 118 cm³/mol. The lowest BCUT2D eigenvalue weighted by atomic mass is 10.2. The number of carbonyl (C=O) groups excluding carboxylic acids is 1. The molecule has 0 aliphatic carbocycles. The Kier molecular flexibility index (Phi) is 4.89. The molecule has 1 fully saturated rings. The molecule has 0 radical (unpaired) electrons. The van der Waals surface area contributed by atoms with Gasteiger partial charge in [-0.15, -0.1) is 0 Å². The molecule has 5 rings (SSSR count). The van der Waals surface area contributed by atoms with E-state index < -0.39 is 0 Å². The number of H-pyrrole nitrogens is 1. The van der Waals surface area contributed by atoms with Gasteiger partial charge >= 0.3 is 0 Å². The average Bonchev–Trinajstić information content (AvgIpc) is 3.18. The minimum atomic E-state index is -0.377. The zero-order valence-corrected chi connectivity index (χ0v) is 16.9. The summed E-state index contributed by atoms with van der Waals surface area (Å²) in [4.78, 5) is 37.0. The number of nitrogens with zero attached hydrogens (tertiary/aromatic N) is 4. The topological polar surface area (TPSA) is 74.2 Å². The van der Waals surface area contributed by atoms with Crippen molar-refractivity contribution in [3.8, 4) is 0 Å². The highest BCUT2D eigenvalue weighted by atomic mass is 19.1. The lowest BCUT2D eigenvalue weighted by molar-refractivity contribution is -0.131. The molecule has 2 aromatic heterocycles. The number of nitrogens with one attached hydrogen (secondary N) is 1. The smallest absolute Gasteiger partial charge is 0.277 e. The van der Waals surface area contributed by atoms with Crippen molar-refractivity contribution in [1.29, 1.82) is 0 Å². The van der Waals surface area contributed by atoms with Crippen molar-refractivity contribution < 1.29 is 9.18 Å². The van der Waals surface area contributed by atoms with E-state index in [1.165, 1.54) is 28.7 Å². The van der Waals surface area contributed by atoms with Gasteiger partial charge in [-0.05, 0) is 30.3 Å². The van der Waals surface area contributed by atoms with Gasteiger partial charge in [-0.3, -0.25) is 14.2 Å². The van der Waals surface area contributed by atoms with Gasteiger partial charge in [0.15, 0.2) is 0 Å². The number of anilines is 1. The molecule has 158 valence electrons. The Morgan fingerprint density at radius 2 is 1.84 bits per heavy atom. The van der Waals surface area contributed by atoms with Crippen LogP contribution in [0.1, 0.15) is 6.42 Å². The van der Waals surface area contributed by atoms with E-state index in [1.54, 1.807) is 6.07 Å². The molecular weight excluding hydrogens is 397 g/mol. The van der Waals surface area contributed by atoms with Crippen LogP contribution in [0, 0.1) is 5.82 Å². The van der Waals surface area contributed by atoms with Crippen LogP contribution in [0.3, 0.4) is 0 Å². The summed E-state index contributed by atoms with van der Waals surface area (Å²) in [7, 11) is 0. The highest BCUT2D eigenvalue weighted by Gasteiger charge is 2.21. The number of hydrogen-bond acceptors (Lipinski definition) is 4. The minimum Gasteiger partial charge on any atom is -0.368 e. The summed E-state index contributed by atoms with van der Waals surface area (Å²) >= 11 is 0. The Morgan fingerprint density at radius 3 is 2.61 bits per heavy atom. The molecule has 0 spiro atoms. The number of carbonyl (C=O) groups is 1. The highest BCUT2D eigenvalue weighted by molar-refractivity contribution is 6.04. The van der Waals surface area contributed by atoms with Gasteiger partial charge in [0.25, 0.3) is 5.56 Å². The quantitative estimate of drug-likeness (QED) is 0.552. The van der Waals surface area contributed by atoms with Crippen molar-refractivity contribution in [1.82, 2.24) is 19.4 Å². The van der Waals surface area contributed by atoms with Crippen LogP contribution in [-0.4, -0.2) is 51.5 Å². The van der Waals surface area contributed by atoms with Crippen molar-refractivity contribution in [2.75, 3.05) is 31.1 Å². The Hall–Kier alpha value is -3.68. The molecule has 1 aliphatic rings. The highest BCUT2D eigenvalue weighted by Crippen LogP contribution is 2.22. The van der Waals surface area contributed by atoms with E-state index in [4.69, 9.17) is 0 Å². The van der Waals surface area contributed by atoms with Crippen molar-refractivity contribution >= 4 is 33.5 Å². The van der Waals surface area contributed by atoms with Gasteiger partial charge in [0, 0.05) is 55.7 Å². The van der Waals surface area contributed by atoms with E-state index in [0.29, 0.717) is 35.0 Å². The number of aromatic nitrogens is 3. The number of aromatic amines is 1. The van der Waals surface area contributed by atoms with Crippen LogP contribution < -0.4 is 10.5 Å². The summed E-state index contributed by atoms with van der Waals surface area (Å²) in [5.41, 5.74) is 2.33. The van der Waals surface area contributed by atoms with Crippen LogP contribution in [0.25, 0.3) is 21.9 Å². The Balaban J connectivity index is 1.26. The maximum atomic E-state index is 13.6. The second-order valence-electron chi connectivity index (χ2n) is 7.74. The van der Waals surface area contributed by atoms with Gasteiger partial charge in [-0.1, -0.05) is 18.2 Å². The van der Waals surface area contributed by atoms with E-state index in [1.807, 2.05) is 23.1 Å². The van der Waals surface area contributed by atoms with Crippen molar-refractivity contribution in [2.24, 2.45) is 0 Å². The monoisotopic (exact) mass is 419 g/mol. The molecule has 31 heavy (non-hydrogen) atoms. The van der Waals surface area contributed by atoms with Crippen molar-refractivity contribution in [3.05, 3.63) is 71.0 Å². The average molecular weight is 419 g/mol. The Morgan fingerprint density at radius 1 is 1.06 bits per heavy atom. The van der Waals surface area contributed by atoms with Crippen LogP contribution in [0.4, 0.5) is 10.1 Å². The van der Waals surface area contributed by atoms with E-state index >= 15 is 0 Å². The summed E-state index contributed by atoms with van der Waals surface area (Å²) < 4.78 is 15.0. The summed E-state index contributed by atoms with van der Waals surface area (Å²) in [6.07, 6.45) is 1.66. The first-order valence-electron chi connectivity index (χ1n) is 10.3. The van der Waals surface area contributed by atoms with E-state index in [2.05, 4.69) is 27.0 Å². The minimum absolute atomic E-state index is 0.0263. The van der Waals surface area contributed by atoms with Crippen molar-refractivity contribution in [2.45, 2.75) is 13.0 Å². The first kappa shape index (κ1) is 19.3. The first-order valence-corrected chi connectivity index (χ1v) is 10.3. The molecule has 8 heteroatoms. The van der Waals surface area contributed by atoms with Crippen LogP contribution in [0.2, 0.25) is 0 Å². The summed E-state index contributed by atoms with van der Waals surface area (Å²) in [5, 5.41) is 0.576. The molecule has 1 amide bonds. The standard InChI is InChI=1S/C23H22FN5O2/c24-16-6-7-19-18(14-16)21-22(26-19)23(31)29(15-25-21)9-8-20(30)28-12-10-27(11-13-28)17-4-2-1-3-5-17/h1-7,14-15,26H,8-13H2. The van der Waals surface area contributed by atoms with E-state index in [-0.39, 0.29) is 30.2 Å². The van der Waals surface area contributed by atoms with Gasteiger partial charge in [0.2, 0.25) is 5.91 Å². The number of halogens is 1. The molecule has 4 aromatic rings. The normalized spacial score (nSPS) is 14.5. The number of piperazine rings is 1. The molecule has 7 nitrogen and oxygen atoms in total. The SMILES string of the molecule is O=C(CCn1cnc2c([nH]c3ccc(F)cc32)c1=O)N1CCN(c2ccccc2)CC1. The Bertz CT molecular complexity index is 1310. The molecular formula is C23H22FN5O2. The summed E-state index contributed by atoms with van der Waals surface area (Å²) in [6.45, 7) is 3.15. The molecule has 0 bridgehead atoms. The summed E-state index contributed by atoms with van der Waals surface area (Å²) in [6, 6.07) is 14.5. The van der Waals surface area contributed by atoms with Crippen molar-refractivity contribution in [3.63, 3.8) is 0 Å². The molecule has 3 heterocycles. The second kappa shape index (κ2) is 7.86.